The highest BCUT2D eigenvalue weighted by molar-refractivity contribution is 5.85. The molecule has 1 unspecified atom stereocenters. The molecule has 21 heavy (non-hydrogen) atoms. The van der Waals surface area contributed by atoms with Gasteiger partial charge in [0.15, 0.2) is 5.65 Å². The van der Waals surface area contributed by atoms with Gasteiger partial charge in [0.2, 0.25) is 0 Å². The molecule has 0 spiro atoms. The van der Waals surface area contributed by atoms with Crippen LogP contribution in [0.1, 0.15) is 35.8 Å². The molecule has 3 aromatic heterocycles. The molecule has 1 atom stereocenters. The molecule has 4 rings (SSSR count). The molecule has 0 saturated carbocycles. The van der Waals surface area contributed by atoms with Gasteiger partial charge in [-0.2, -0.15) is 5.10 Å². The number of aromatic amines is 1. The summed E-state index contributed by atoms with van der Waals surface area (Å²) in [7, 11) is 2.15. The van der Waals surface area contributed by atoms with E-state index in [0.717, 1.165) is 29.7 Å². The van der Waals surface area contributed by atoms with Gasteiger partial charge in [-0.15, -0.1) is 0 Å². The summed E-state index contributed by atoms with van der Waals surface area (Å²) in [5, 5.41) is 11.5. The standard InChI is InChI=1S/C15H18N6/c1-9-6-10-12(4-3-5-13(10)21(9)2)19-14-11-7-18-20-15(11)17-8-16-14/h6-8,12H,3-5H2,1-2H3,(H2,16,17,18,19,20). The molecule has 108 valence electrons. The summed E-state index contributed by atoms with van der Waals surface area (Å²) >= 11 is 0. The molecule has 3 heterocycles. The Kier molecular flexibility index (Phi) is 2.70. The van der Waals surface area contributed by atoms with Crippen LogP contribution in [0.5, 0.6) is 0 Å². The predicted octanol–water partition coefficient (Wildman–Crippen LogP) is 2.49. The number of fused-ring (bicyclic) bond motifs is 2. The van der Waals surface area contributed by atoms with Gasteiger partial charge in [-0.3, -0.25) is 5.10 Å². The van der Waals surface area contributed by atoms with E-state index in [9.17, 15) is 0 Å². The van der Waals surface area contributed by atoms with E-state index >= 15 is 0 Å². The van der Waals surface area contributed by atoms with Gasteiger partial charge in [0.1, 0.15) is 12.1 Å². The van der Waals surface area contributed by atoms with Crippen LogP contribution in [0.3, 0.4) is 0 Å². The first-order valence-corrected chi connectivity index (χ1v) is 7.30. The van der Waals surface area contributed by atoms with Crippen molar-refractivity contribution in [3.8, 4) is 0 Å². The van der Waals surface area contributed by atoms with Crippen molar-refractivity contribution < 1.29 is 0 Å². The Labute approximate surface area is 122 Å². The van der Waals surface area contributed by atoms with Crippen molar-refractivity contribution in [1.29, 1.82) is 0 Å². The number of H-pyrrole nitrogens is 1. The number of hydrogen-bond donors (Lipinski definition) is 2. The minimum Gasteiger partial charge on any atom is -0.362 e. The van der Waals surface area contributed by atoms with Crippen LogP contribution in [-0.4, -0.2) is 24.7 Å². The molecule has 0 amide bonds. The Hall–Kier alpha value is -2.37. The average molecular weight is 282 g/mol. The second kappa shape index (κ2) is 4.58. The van der Waals surface area contributed by atoms with E-state index in [1.54, 1.807) is 12.5 Å². The highest BCUT2D eigenvalue weighted by Crippen LogP contribution is 2.34. The van der Waals surface area contributed by atoms with Crippen LogP contribution in [0.25, 0.3) is 11.0 Å². The second-order valence-corrected chi connectivity index (χ2v) is 5.69. The van der Waals surface area contributed by atoms with Crippen molar-refractivity contribution in [2.45, 2.75) is 32.2 Å². The molecule has 6 heteroatoms. The zero-order valence-electron chi connectivity index (χ0n) is 12.2. The summed E-state index contributed by atoms with van der Waals surface area (Å²) in [6.45, 7) is 2.16. The summed E-state index contributed by atoms with van der Waals surface area (Å²) in [5.41, 5.74) is 4.92. The van der Waals surface area contributed by atoms with Crippen LogP contribution in [0, 0.1) is 6.92 Å². The first-order valence-electron chi connectivity index (χ1n) is 7.30. The molecule has 0 saturated heterocycles. The molecule has 6 nitrogen and oxygen atoms in total. The molecule has 0 aromatic carbocycles. The summed E-state index contributed by atoms with van der Waals surface area (Å²) in [5.74, 6) is 0.855. The van der Waals surface area contributed by atoms with E-state index in [1.807, 2.05) is 0 Å². The van der Waals surface area contributed by atoms with Gasteiger partial charge >= 0.3 is 0 Å². The predicted molar refractivity (Wildman–Crippen MR) is 81.1 cm³/mol. The molecule has 2 N–H and O–H groups in total. The zero-order valence-corrected chi connectivity index (χ0v) is 12.2. The Morgan fingerprint density at radius 2 is 2.29 bits per heavy atom. The van der Waals surface area contributed by atoms with Gasteiger partial charge in [-0.05, 0) is 37.8 Å². The molecule has 0 fully saturated rings. The van der Waals surface area contributed by atoms with Crippen LogP contribution >= 0.6 is 0 Å². The third-order valence-corrected chi connectivity index (χ3v) is 4.47. The number of nitrogens with one attached hydrogen (secondary N) is 2. The molecule has 3 aromatic rings. The maximum absolute atomic E-state index is 4.39. The number of rotatable bonds is 2. The molecule has 1 aliphatic carbocycles. The van der Waals surface area contributed by atoms with Crippen molar-refractivity contribution >= 4 is 16.9 Å². The summed E-state index contributed by atoms with van der Waals surface area (Å²) in [6.07, 6.45) is 6.82. The van der Waals surface area contributed by atoms with E-state index in [2.05, 4.69) is 50.1 Å². The zero-order chi connectivity index (χ0) is 14.4. The third-order valence-electron chi connectivity index (χ3n) is 4.47. The monoisotopic (exact) mass is 282 g/mol. The molecule has 0 radical (unpaired) electrons. The SMILES string of the molecule is Cc1cc2c(n1C)CCCC2Nc1ncnc2[nH]ncc12. The van der Waals surface area contributed by atoms with Gasteiger partial charge in [-0.25, -0.2) is 9.97 Å². The van der Waals surface area contributed by atoms with E-state index in [0.29, 0.717) is 6.04 Å². The molecule has 0 bridgehead atoms. The summed E-state index contributed by atoms with van der Waals surface area (Å²) in [4.78, 5) is 8.57. The number of hydrogen-bond acceptors (Lipinski definition) is 4. The Balaban J connectivity index is 1.73. The van der Waals surface area contributed by atoms with Crippen molar-refractivity contribution in [3.63, 3.8) is 0 Å². The highest BCUT2D eigenvalue weighted by Gasteiger charge is 2.24. The summed E-state index contributed by atoms with van der Waals surface area (Å²) in [6, 6.07) is 2.60. The quantitative estimate of drug-likeness (QED) is 0.757. The second-order valence-electron chi connectivity index (χ2n) is 5.69. The van der Waals surface area contributed by atoms with E-state index in [1.165, 1.54) is 23.4 Å². The first-order chi connectivity index (χ1) is 10.2. The topological polar surface area (TPSA) is 71.4 Å². The Morgan fingerprint density at radius 1 is 1.38 bits per heavy atom. The highest BCUT2D eigenvalue weighted by atomic mass is 15.2. The Bertz CT molecular complexity index is 800. The lowest BCUT2D eigenvalue weighted by Gasteiger charge is -2.25. The van der Waals surface area contributed by atoms with Crippen molar-refractivity contribution in [2.75, 3.05) is 5.32 Å². The summed E-state index contributed by atoms with van der Waals surface area (Å²) < 4.78 is 2.30. The van der Waals surface area contributed by atoms with Gasteiger partial charge in [-0.1, -0.05) is 0 Å². The lowest BCUT2D eigenvalue weighted by Crippen LogP contribution is -2.18. The van der Waals surface area contributed by atoms with E-state index in [-0.39, 0.29) is 0 Å². The van der Waals surface area contributed by atoms with Crippen molar-refractivity contribution in [3.05, 3.63) is 35.5 Å². The lowest BCUT2D eigenvalue weighted by atomic mass is 9.92. The molecule has 0 aliphatic heterocycles. The van der Waals surface area contributed by atoms with E-state index < -0.39 is 0 Å². The van der Waals surface area contributed by atoms with Gasteiger partial charge in [0.05, 0.1) is 17.6 Å². The van der Waals surface area contributed by atoms with Crippen LogP contribution in [-0.2, 0) is 13.5 Å². The van der Waals surface area contributed by atoms with E-state index in [4.69, 9.17) is 0 Å². The van der Waals surface area contributed by atoms with Crippen LogP contribution in [0.4, 0.5) is 5.82 Å². The fraction of sp³-hybridized carbons (Fsp3) is 0.400. The maximum Gasteiger partial charge on any atom is 0.160 e. The van der Waals surface area contributed by atoms with Crippen molar-refractivity contribution in [1.82, 2.24) is 24.7 Å². The normalized spacial score (nSPS) is 17.9. The first kappa shape index (κ1) is 12.4. The largest absolute Gasteiger partial charge is 0.362 e. The smallest absolute Gasteiger partial charge is 0.160 e. The number of anilines is 1. The number of aryl methyl sites for hydroxylation is 1. The van der Waals surface area contributed by atoms with Crippen LogP contribution in [0.15, 0.2) is 18.6 Å². The van der Waals surface area contributed by atoms with Gasteiger partial charge in [0, 0.05) is 18.4 Å². The van der Waals surface area contributed by atoms with Crippen LogP contribution in [0.2, 0.25) is 0 Å². The molecular weight excluding hydrogens is 264 g/mol. The average Bonchev–Trinajstić information content (AvgIpc) is 3.07. The fourth-order valence-electron chi connectivity index (χ4n) is 3.25. The Morgan fingerprint density at radius 3 is 3.19 bits per heavy atom. The molecule has 1 aliphatic rings. The van der Waals surface area contributed by atoms with Gasteiger partial charge in [0.25, 0.3) is 0 Å². The minimum absolute atomic E-state index is 0.307. The number of aromatic nitrogens is 5. The third kappa shape index (κ3) is 1.90. The van der Waals surface area contributed by atoms with Crippen LogP contribution < -0.4 is 5.32 Å². The maximum atomic E-state index is 4.39. The number of nitrogens with zero attached hydrogens (tertiary/aromatic N) is 4. The fourth-order valence-corrected chi connectivity index (χ4v) is 3.25. The lowest BCUT2D eigenvalue weighted by molar-refractivity contribution is 0.577. The van der Waals surface area contributed by atoms with Gasteiger partial charge < -0.3 is 9.88 Å². The minimum atomic E-state index is 0.307. The van der Waals surface area contributed by atoms with Crippen molar-refractivity contribution in [2.24, 2.45) is 7.05 Å². The molecular formula is C15H18N6.